The van der Waals surface area contributed by atoms with Crippen molar-refractivity contribution in [3.05, 3.63) is 0 Å². The molecule has 0 aliphatic carbocycles. The molecule has 12 radical (unpaired) electrons. The van der Waals surface area contributed by atoms with Crippen LogP contribution < -0.4 is 0 Å². The van der Waals surface area contributed by atoms with Gasteiger partial charge in [-0.2, -0.15) is 0 Å². The Hall–Kier alpha value is 2.94. The SMILES string of the molecule is [Cu].[Sb].[Sn].[Sn]. The van der Waals surface area contributed by atoms with E-state index in [-0.39, 0.29) is 89.3 Å². The molecule has 4 heteroatoms. The van der Waals surface area contributed by atoms with Gasteiger partial charge < -0.3 is 0 Å². The van der Waals surface area contributed by atoms with Gasteiger partial charge in [-0.1, -0.05) is 0 Å². The minimum atomic E-state index is 0. The fourth-order valence-electron chi connectivity index (χ4n) is 0. The van der Waals surface area contributed by atoms with E-state index in [0.29, 0.717) is 0 Å². The van der Waals surface area contributed by atoms with Crippen LogP contribution in [-0.2, 0) is 17.1 Å². The predicted octanol–water partition coefficient (Wildman–Crippen LogP) is -1.14. The summed E-state index contributed by atoms with van der Waals surface area (Å²) in [6, 6.07) is 0. The maximum absolute atomic E-state index is 0. The summed E-state index contributed by atoms with van der Waals surface area (Å²) in [5.41, 5.74) is 0. The molecule has 0 rings (SSSR count). The van der Waals surface area contributed by atoms with Crippen LogP contribution in [0.1, 0.15) is 0 Å². The van der Waals surface area contributed by atoms with Crippen LogP contribution in [0.15, 0.2) is 0 Å². The second-order valence-electron chi connectivity index (χ2n) is 0. The molecule has 0 aliphatic heterocycles. The van der Waals surface area contributed by atoms with Gasteiger partial charge in [0.25, 0.3) is 0 Å². The van der Waals surface area contributed by atoms with Crippen molar-refractivity contribution in [2.75, 3.05) is 0 Å². The molecule has 0 aromatic rings. The molecule has 24 valence electrons. The number of hydrogen-bond donors (Lipinski definition) is 0. The van der Waals surface area contributed by atoms with Gasteiger partial charge in [-0.3, -0.25) is 0 Å². The van der Waals surface area contributed by atoms with Crippen LogP contribution in [0.5, 0.6) is 0 Å². The van der Waals surface area contributed by atoms with E-state index in [1.165, 1.54) is 0 Å². The van der Waals surface area contributed by atoms with Gasteiger partial charge in [0.1, 0.15) is 0 Å². The summed E-state index contributed by atoms with van der Waals surface area (Å²) in [7, 11) is 0. The zero-order chi connectivity index (χ0) is 0. The molecule has 0 saturated carbocycles. The molecule has 0 amide bonds. The molecular formula is CuSbSn2. The first-order chi connectivity index (χ1) is 0. The van der Waals surface area contributed by atoms with Crippen molar-refractivity contribution < 1.29 is 17.1 Å². The molecule has 0 N–H and O–H groups in total. The van der Waals surface area contributed by atoms with E-state index in [4.69, 9.17) is 0 Å². The topological polar surface area (TPSA) is 0 Å². The van der Waals surface area contributed by atoms with Crippen molar-refractivity contribution in [1.82, 2.24) is 0 Å². The smallest absolute Gasteiger partial charge is 0 e. The Bertz CT molecular complexity index is 6.00. The van der Waals surface area contributed by atoms with Gasteiger partial charge in [0.2, 0.25) is 0 Å². The van der Waals surface area contributed by atoms with E-state index in [9.17, 15) is 0 Å². The Morgan fingerprint density at radius 2 is 0.750 bits per heavy atom. The Morgan fingerprint density at radius 3 is 0.750 bits per heavy atom. The summed E-state index contributed by atoms with van der Waals surface area (Å²) in [6.07, 6.45) is 0. The molecule has 0 nitrogen and oxygen atoms in total. The average Bonchev–Trinajstić information content (AvgIpc) is 0. The van der Waals surface area contributed by atoms with Crippen LogP contribution in [0.4, 0.5) is 0 Å². The first kappa shape index (κ1) is 28.4. The number of hydrogen-bond acceptors (Lipinski definition) is 0. The van der Waals surface area contributed by atoms with E-state index in [0.717, 1.165) is 0 Å². The summed E-state index contributed by atoms with van der Waals surface area (Å²) in [4.78, 5) is 0. The third kappa shape index (κ3) is 8.87. The van der Waals surface area contributed by atoms with Crippen LogP contribution in [0, 0.1) is 0 Å². The largest absolute Gasteiger partial charge is 0 e. The normalized spacial score (nSPS) is 0. The second-order valence-corrected chi connectivity index (χ2v) is 0. The Labute approximate surface area is 87.7 Å². The summed E-state index contributed by atoms with van der Waals surface area (Å²) >= 11 is 0. The summed E-state index contributed by atoms with van der Waals surface area (Å²) in [5, 5.41) is 0. The molecule has 0 spiro atoms. The molecule has 0 bridgehead atoms. The first-order valence-electron chi connectivity index (χ1n) is 0. The maximum atomic E-state index is 0. The molecule has 0 fully saturated rings. The standard InChI is InChI=1S/Cu.Sb.2Sn. The molecule has 0 unspecified atom stereocenters. The first-order valence-corrected chi connectivity index (χ1v) is 0. The molecule has 0 aliphatic rings. The minimum Gasteiger partial charge on any atom is 0 e. The van der Waals surface area contributed by atoms with Crippen LogP contribution in [-0.4, -0.2) is 72.2 Å². The van der Waals surface area contributed by atoms with Crippen molar-refractivity contribution in [3.63, 3.8) is 0 Å². The van der Waals surface area contributed by atoms with Gasteiger partial charge in [-0.05, 0) is 0 Å². The number of rotatable bonds is 0. The summed E-state index contributed by atoms with van der Waals surface area (Å²) < 4.78 is 0. The van der Waals surface area contributed by atoms with Crippen LogP contribution in [0.3, 0.4) is 0 Å². The Balaban J connectivity index is 0. The predicted molar refractivity (Wildman–Crippen MR) is 17.3 cm³/mol. The Morgan fingerprint density at radius 1 is 0.750 bits per heavy atom. The third-order valence-electron chi connectivity index (χ3n) is 0. The molecule has 0 atom stereocenters. The van der Waals surface area contributed by atoms with Gasteiger partial charge in [-0.25, -0.2) is 0 Å². The summed E-state index contributed by atoms with van der Waals surface area (Å²) in [5.74, 6) is 0. The van der Waals surface area contributed by atoms with Crippen LogP contribution >= 0.6 is 0 Å². The van der Waals surface area contributed by atoms with Gasteiger partial charge in [0.15, 0.2) is 0 Å². The Kier molecular flexibility index (Phi) is 119. The van der Waals surface area contributed by atoms with Crippen molar-refractivity contribution in [2.45, 2.75) is 0 Å². The van der Waals surface area contributed by atoms with E-state index in [2.05, 4.69) is 0 Å². The third-order valence-corrected chi connectivity index (χ3v) is 0. The van der Waals surface area contributed by atoms with Gasteiger partial charge in [-0.15, -0.1) is 0 Å². The molecule has 0 aromatic heterocycles. The second kappa shape index (κ2) is 16.8. The summed E-state index contributed by atoms with van der Waals surface area (Å²) in [6.45, 7) is 0. The average molecular weight is 423 g/mol. The van der Waals surface area contributed by atoms with E-state index >= 15 is 0 Å². The minimum absolute atomic E-state index is 0. The van der Waals surface area contributed by atoms with E-state index in [1.807, 2.05) is 0 Å². The fraction of sp³-hybridized carbons (Fsp3) is 0. The molecule has 0 aromatic carbocycles. The zero-order valence-corrected chi connectivity index (χ0v) is 11.0. The van der Waals surface area contributed by atoms with Crippen LogP contribution in [0.25, 0.3) is 0 Å². The van der Waals surface area contributed by atoms with E-state index in [1.54, 1.807) is 0 Å². The van der Waals surface area contributed by atoms with E-state index < -0.39 is 0 Å². The van der Waals surface area contributed by atoms with Crippen molar-refractivity contribution in [3.8, 4) is 0 Å². The van der Waals surface area contributed by atoms with Crippen molar-refractivity contribution in [2.24, 2.45) is 0 Å². The van der Waals surface area contributed by atoms with Crippen molar-refractivity contribution >= 4 is 72.2 Å². The van der Waals surface area contributed by atoms with Gasteiger partial charge in [0, 0.05) is 89.3 Å². The quantitative estimate of drug-likeness (QED) is 0.433. The molecule has 0 saturated heterocycles. The van der Waals surface area contributed by atoms with Crippen LogP contribution in [0.2, 0.25) is 0 Å². The maximum Gasteiger partial charge on any atom is 0 e. The van der Waals surface area contributed by atoms with Gasteiger partial charge >= 0.3 is 0 Å². The molecular weight excluding hydrogens is 423 g/mol. The monoisotopic (exact) mass is 424 g/mol. The molecule has 0 heterocycles. The van der Waals surface area contributed by atoms with Crippen molar-refractivity contribution in [1.29, 1.82) is 0 Å². The zero-order valence-electron chi connectivity index (χ0n) is 1.75. The fourth-order valence-corrected chi connectivity index (χ4v) is 0. The molecule has 4 heavy (non-hydrogen) atoms. The van der Waals surface area contributed by atoms with Gasteiger partial charge in [0.05, 0.1) is 0 Å².